The summed E-state index contributed by atoms with van der Waals surface area (Å²) >= 11 is 4.28. The first-order valence-corrected chi connectivity index (χ1v) is 7.39. The lowest BCUT2D eigenvalue weighted by Gasteiger charge is -2.31. The molecule has 1 aromatic rings. The molecule has 0 unspecified atom stereocenters. The zero-order valence-electron chi connectivity index (χ0n) is 10.5. The molecule has 2 rings (SSSR count). The number of piperidine rings is 1. The number of nitrogens with zero attached hydrogens (tertiary/aromatic N) is 1. The molecule has 17 heavy (non-hydrogen) atoms. The number of benzene rings is 1. The topological polar surface area (TPSA) is 3.24 Å². The highest BCUT2D eigenvalue weighted by atomic mass is 32.1. The van der Waals surface area contributed by atoms with Gasteiger partial charge in [0.2, 0.25) is 0 Å². The van der Waals surface area contributed by atoms with Crippen LogP contribution in [0.5, 0.6) is 0 Å². The quantitative estimate of drug-likeness (QED) is 0.784. The van der Waals surface area contributed by atoms with Crippen LogP contribution in [0.25, 0.3) is 0 Å². The van der Waals surface area contributed by atoms with Gasteiger partial charge in [0.1, 0.15) is 0 Å². The van der Waals surface area contributed by atoms with Crippen molar-refractivity contribution in [2.24, 2.45) is 5.92 Å². The molecule has 94 valence electrons. The molecule has 1 fully saturated rings. The Bertz CT molecular complexity index is 304. The highest BCUT2D eigenvalue weighted by molar-refractivity contribution is 7.80. The number of thiol groups is 1. The van der Waals surface area contributed by atoms with E-state index in [9.17, 15) is 0 Å². The van der Waals surface area contributed by atoms with Gasteiger partial charge in [0.05, 0.1) is 0 Å². The van der Waals surface area contributed by atoms with Crippen LogP contribution in [0.2, 0.25) is 0 Å². The summed E-state index contributed by atoms with van der Waals surface area (Å²) in [5.41, 5.74) is 1.50. The van der Waals surface area contributed by atoms with E-state index < -0.39 is 0 Å². The largest absolute Gasteiger partial charge is 0.303 e. The van der Waals surface area contributed by atoms with E-state index in [1.807, 2.05) is 0 Å². The van der Waals surface area contributed by atoms with Crippen molar-refractivity contribution in [3.63, 3.8) is 0 Å². The van der Waals surface area contributed by atoms with Crippen LogP contribution >= 0.6 is 12.6 Å². The molecule has 1 aliphatic rings. The van der Waals surface area contributed by atoms with Crippen LogP contribution in [0.3, 0.4) is 0 Å². The monoisotopic (exact) mass is 249 g/mol. The van der Waals surface area contributed by atoms with Gasteiger partial charge in [-0.25, -0.2) is 0 Å². The van der Waals surface area contributed by atoms with Crippen LogP contribution in [0.1, 0.15) is 24.8 Å². The smallest absolute Gasteiger partial charge is 0.00110 e. The van der Waals surface area contributed by atoms with Gasteiger partial charge in [0.15, 0.2) is 0 Å². The minimum Gasteiger partial charge on any atom is -0.303 e. The number of likely N-dealkylation sites (tertiary alicyclic amines) is 1. The van der Waals surface area contributed by atoms with Crippen molar-refractivity contribution in [2.45, 2.75) is 25.7 Å². The zero-order chi connectivity index (χ0) is 11.9. The first-order valence-electron chi connectivity index (χ1n) is 6.75. The predicted molar refractivity (Wildman–Crippen MR) is 77.8 cm³/mol. The van der Waals surface area contributed by atoms with Crippen molar-refractivity contribution in [1.29, 1.82) is 0 Å². The third-order valence-corrected chi connectivity index (χ3v) is 4.02. The minimum atomic E-state index is 0.893. The maximum Gasteiger partial charge on any atom is -0.00110 e. The number of hydrogen-bond acceptors (Lipinski definition) is 2. The van der Waals surface area contributed by atoms with Crippen molar-refractivity contribution in [3.8, 4) is 0 Å². The SMILES string of the molecule is SCCCN1CCC(Cc2ccccc2)CC1. The number of hydrogen-bond donors (Lipinski definition) is 1. The average Bonchev–Trinajstić information content (AvgIpc) is 2.39. The van der Waals surface area contributed by atoms with Crippen molar-refractivity contribution in [3.05, 3.63) is 35.9 Å². The molecule has 1 aliphatic heterocycles. The summed E-state index contributed by atoms with van der Waals surface area (Å²) in [6, 6.07) is 10.9. The molecule has 0 N–H and O–H groups in total. The maximum atomic E-state index is 4.28. The van der Waals surface area contributed by atoms with Gasteiger partial charge < -0.3 is 4.90 Å². The van der Waals surface area contributed by atoms with E-state index in [2.05, 4.69) is 47.9 Å². The van der Waals surface area contributed by atoms with Crippen LogP contribution in [0.4, 0.5) is 0 Å². The Kier molecular flexibility index (Phi) is 5.40. The third-order valence-electron chi connectivity index (χ3n) is 3.71. The molecule has 1 saturated heterocycles. The number of rotatable bonds is 5. The van der Waals surface area contributed by atoms with Gasteiger partial charge in [-0.2, -0.15) is 12.6 Å². The second-order valence-electron chi connectivity index (χ2n) is 5.05. The summed E-state index contributed by atoms with van der Waals surface area (Å²) in [4.78, 5) is 2.59. The van der Waals surface area contributed by atoms with Crippen molar-refractivity contribution < 1.29 is 0 Å². The molecule has 0 aliphatic carbocycles. The Balaban J connectivity index is 1.72. The molecule has 1 nitrogen and oxygen atoms in total. The van der Waals surface area contributed by atoms with E-state index in [0.29, 0.717) is 0 Å². The van der Waals surface area contributed by atoms with E-state index >= 15 is 0 Å². The first kappa shape index (κ1) is 13.0. The highest BCUT2D eigenvalue weighted by Gasteiger charge is 2.18. The summed E-state index contributed by atoms with van der Waals surface area (Å²) < 4.78 is 0. The summed E-state index contributed by atoms with van der Waals surface area (Å²) in [5.74, 6) is 1.91. The van der Waals surface area contributed by atoms with Crippen molar-refractivity contribution in [2.75, 3.05) is 25.4 Å². The molecule has 0 amide bonds. The summed E-state index contributed by atoms with van der Waals surface area (Å²) in [5, 5.41) is 0. The Morgan fingerprint density at radius 1 is 1.12 bits per heavy atom. The van der Waals surface area contributed by atoms with Crippen molar-refractivity contribution >= 4 is 12.6 Å². The van der Waals surface area contributed by atoms with Gasteiger partial charge in [0.25, 0.3) is 0 Å². The Labute approximate surface area is 111 Å². The molecule has 0 bridgehead atoms. The first-order chi connectivity index (χ1) is 8.38. The van der Waals surface area contributed by atoms with Crippen LogP contribution in [-0.2, 0) is 6.42 Å². The average molecular weight is 249 g/mol. The summed E-state index contributed by atoms with van der Waals surface area (Å²) in [6.07, 6.45) is 5.22. The Hall–Kier alpha value is -0.470. The predicted octanol–water partition coefficient (Wildman–Crippen LogP) is 3.26. The fourth-order valence-corrected chi connectivity index (χ4v) is 2.80. The second-order valence-corrected chi connectivity index (χ2v) is 5.50. The fraction of sp³-hybridized carbons (Fsp3) is 0.600. The van der Waals surface area contributed by atoms with Crippen LogP contribution in [0, 0.1) is 5.92 Å². The molecule has 0 atom stereocenters. The fourth-order valence-electron chi connectivity index (χ4n) is 2.66. The van der Waals surface area contributed by atoms with E-state index in [0.717, 1.165) is 11.7 Å². The molecule has 2 heteroatoms. The lowest BCUT2D eigenvalue weighted by Crippen LogP contribution is -2.35. The van der Waals surface area contributed by atoms with Gasteiger partial charge in [-0.1, -0.05) is 30.3 Å². The standard InChI is InChI=1S/C15H23NS/c17-12-4-9-16-10-7-15(8-11-16)13-14-5-2-1-3-6-14/h1-3,5-6,15,17H,4,7-13H2. The van der Waals surface area contributed by atoms with E-state index in [-0.39, 0.29) is 0 Å². The molecule has 1 heterocycles. The van der Waals surface area contributed by atoms with Gasteiger partial charge in [0, 0.05) is 0 Å². The minimum absolute atomic E-state index is 0.893. The highest BCUT2D eigenvalue weighted by Crippen LogP contribution is 2.21. The van der Waals surface area contributed by atoms with E-state index in [4.69, 9.17) is 0 Å². The van der Waals surface area contributed by atoms with Gasteiger partial charge >= 0.3 is 0 Å². The zero-order valence-corrected chi connectivity index (χ0v) is 11.4. The van der Waals surface area contributed by atoms with E-state index in [1.165, 1.54) is 50.9 Å². The van der Waals surface area contributed by atoms with Gasteiger partial charge in [-0.15, -0.1) is 0 Å². The molecular formula is C15H23NS. The third kappa shape index (κ3) is 4.36. The molecule has 0 radical (unpaired) electrons. The summed E-state index contributed by atoms with van der Waals surface area (Å²) in [6.45, 7) is 3.80. The Morgan fingerprint density at radius 2 is 1.82 bits per heavy atom. The molecule has 0 saturated carbocycles. The van der Waals surface area contributed by atoms with E-state index in [1.54, 1.807) is 0 Å². The van der Waals surface area contributed by atoms with Crippen LogP contribution in [0.15, 0.2) is 30.3 Å². The second kappa shape index (κ2) is 7.07. The lowest BCUT2D eigenvalue weighted by molar-refractivity contribution is 0.185. The Morgan fingerprint density at radius 3 is 2.47 bits per heavy atom. The maximum absolute atomic E-state index is 4.28. The summed E-state index contributed by atoms with van der Waals surface area (Å²) in [7, 11) is 0. The molecule has 0 spiro atoms. The van der Waals surface area contributed by atoms with Gasteiger partial charge in [-0.05, 0) is 62.6 Å². The van der Waals surface area contributed by atoms with Crippen LogP contribution < -0.4 is 0 Å². The van der Waals surface area contributed by atoms with Crippen LogP contribution in [-0.4, -0.2) is 30.3 Å². The molecular weight excluding hydrogens is 226 g/mol. The molecule has 0 aromatic heterocycles. The van der Waals surface area contributed by atoms with Crippen molar-refractivity contribution in [1.82, 2.24) is 4.90 Å². The lowest BCUT2D eigenvalue weighted by atomic mass is 9.90. The van der Waals surface area contributed by atoms with Gasteiger partial charge in [-0.3, -0.25) is 0 Å². The molecule has 1 aromatic carbocycles. The normalized spacial score (nSPS) is 18.4.